The Morgan fingerprint density at radius 1 is 1.43 bits per heavy atom. The zero-order valence-electron chi connectivity index (χ0n) is 13.5. The van der Waals surface area contributed by atoms with Gasteiger partial charge in [-0.15, -0.1) is 11.3 Å². The first-order valence-electron chi connectivity index (χ1n) is 7.81. The molecule has 23 heavy (non-hydrogen) atoms. The van der Waals surface area contributed by atoms with E-state index in [2.05, 4.69) is 25.6 Å². The Labute approximate surface area is 139 Å². The Hall–Kier alpha value is -1.77. The van der Waals surface area contributed by atoms with Crippen LogP contribution in [0.2, 0.25) is 0 Å². The number of carbonyl (C=O) groups is 1. The number of aromatic nitrogens is 3. The summed E-state index contributed by atoms with van der Waals surface area (Å²) in [5, 5.41) is 11.3. The molecule has 1 aliphatic heterocycles. The second kappa shape index (κ2) is 7.20. The number of nitrogens with zero attached hydrogens (tertiary/aromatic N) is 4. The number of rotatable bonds is 5. The van der Waals surface area contributed by atoms with Gasteiger partial charge < -0.3 is 10.6 Å². The number of thiazole rings is 1. The standard InChI is InChI=1S/C15H22N6OS/c1-11-13(23-15(19-11)12-9-18-20(2)10-12)14(22)17-5-8-21-6-3-16-4-7-21/h9-10,16H,3-8H2,1-2H3,(H,17,22). The normalized spacial score (nSPS) is 15.7. The highest BCUT2D eigenvalue weighted by atomic mass is 32.1. The smallest absolute Gasteiger partial charge is 0.263 e. The Bertz CT molecular complexity index is 673. The van der Waals surface area contributed by atoms with Crippen LogP contribution in [0.25, 0.3) is 10.6 Å². The van der Waals surface area contributed by atoms with Crippen LogP contribution in [0, 0.1) is 6.92 Å². The fraction of sp³-hybridized carbons (Fsp3) is 0.533. The van der Waals surface area contributed by atoms with Crippen LogP contribution in [0.5, 0.6) is 0 Å². The van der Waals surface area contributed by atoms with Crippen molar-refractivity contribution in [1.29, 1.82) is 0 Å². The molecule has 7 nitrogen and oxygen atoms in total. The van der Waals surface area contributed by atoms with Gasteiger partial charge in [-0.2, -0.15) is 5.10 Å². The van der Waals surface area contributed by atoms with Gasteiger partial charge in [-0.3, -0.25) is 14.4 Å². The third kappa shape index (κ3) is 3.95. The van der Waals surface area contributed by atoms with Gasteiger partial charge in [0.15, 0.2) is 0 Å². The van der Waals surface area contributed by atoms with Crippen molar-refractivity contribution >= 4 is 17.2 Å². The van der Waals surface area contributed by atoms with Gasteiger partial charge in [0, 0.05) is 58.1 Å². The molecule has 8 heteroatoms. The van der Waals surface area contributed by atoms with E-state index in [1.165, 1.54) is 11.3 Å². The van der Waals surface area contributed by atoms with Gasteiger partial charge in [-0.25, -0.2) is 4.98 Å². The summed E-state index contributed by atoms with van der Waals surface area (Å²) in [4.78, 5) is 19.9. The van der Waals surface area contributed by atoms with Crippen molar-refractivity contribution < 1.29 is 4.79 Å². The Morgan fingerprint density at radius 2 is 2.22 bits per heavy atom. The molecule has 1 aliphatic rings. The molecular weight excluding hydrogens is 312 g/mol. The number of amides is 1. The molecule has 0 aliphatic carbocycles. The molecule has 0 spiro atoms. The van der Waals surface area contributed by atoms with Gasteiger partial charge in [-0.1, -0.05) is 0 Å². The Morgan fingerprint density at radius 3 is 2.91 bits per heavy atom. The minimum absolute atomic E-state index is 0.0368. The quantitative estimate of drug-likeness (QED) is 0.832. The third-order valence-electron chi connectivity index (χ3n) is 3.88. The molecule has 0 radical (unpaired) electrons. The monoisotopic (exact) mass is 334 g/mol. The molecule has 2 N–H and O–H groups in total. The summed E-state index contributed by atoms with van der Waals surface area (Å²) in [6.07, 6.45) is 3.68. The van der Waals surface area contributed by atoms with Crippen LogP contribution in [0.3, 0.4) is 0 Å². The summed E-state index contributed by atoms with van der Waals surface area (Å²) in [5.74, 6) is -0.0368. The van der Waals surface area contributed by atoms with E-state index in [4.69, 9.17) is 0 Å². The Balaban J connectivity index is 1.57. The van der Waals surface area contributed by atoms with Crippen LogP contribution in [-0.2, 0) is 7.05 Å². The number of nitrogens with one attached hydrogen (secondary N) is 2. The second-order valence-corrected chi connectivity index (χ2v) is 6.68. The summed E-state index contributed by atoms with van der Waals surface area (Å²) in [6.45, 7) is 7.56. The largest absolute Gasteiger partial charge is 0.350 e. The number of piperazine rings is 1. The summed E-state index contributed by atoms with van der Waals surface area (Å²) in [5.41, 5.74) is 1.72. The number of aryl methyl sites for hydroxylation is 2. The minimum atomic E-state index is -0.0368. The lowest BCUT2D eigenvalue weighted by Crippen LogP contribution is -2.46. The lowest BCUT2D eigenvalue weighted by Gasteiger charge is -2.27. The van der Waals surface area contributed by atoms with Gasteiger partial charge in [0.05, 0.1) is 11.9 Å². The van der Waals surface area contributed by atoms with Crippen LogP contribution in [-0.4, -0.2) is 64.8 Å². The van der Waals surface area contributed by atoms with E-state index >= 15 is 0 Å². The maximum Gasteiger partial charge on any atom is 0.263 e. The van der Waals surface area contributed by atoms with Gasteiger partial charge >= 0.3 is 0 Å². The molecule has 0 bridgehead atoms. The summed E-state index contributed by atoms with van der Waals surface area (Å²) < 4.78 is 1.74. The van der Waals surface area contributed by atoms with Crippen molar-refractivity contribution in [2.24, 2.45) is 7.05 Å². The van der Waals surface area contributed by atoms with E-state index < -0.39 is 0 Å². The number of hydrogen-bond acceptors (Lipinski definition) is 6. The zero-order valence-corrected chi connectivity index (χ0v) is 14.3. The minimum Gasteiger partial charge on any atom is -0.350 e. The fourth-order valence-electron chi connectivity index (χ4n) is 2.60. The van der Waals surface area contributed by atoms with Crippen LogP contribution in [0.1, 0.15) is 15.4 Å². The number of hydrogen-bond donors (Lipinski definition) is 2. The summed E-state index contributed by atoms with van der Waals surface area (Å²) in [6, 6.07) is 0. The molecule has 1 saturated heterocycles. The third-order valence-corrected chi connectivity index (χ3v) is 5.08. The van der Waals surface area contributed by atoms with Gasteiger partial charge in [0.2, 0.25) is 0 Å². The highest BCUT2D eigenvalue weighted by molar-refractivity contribution is 7.17. The molecule has 0 unspecified atom stereocenters. The van der Waals surface area contributed by atoms with Crippen LogP contribution in [0.4, 0.5) is 0 Å². The van der Waals surface area contributed by atoms with Crippen LogP contribution < -0.4 is 10.6 Å². The number of carbonyl (C=O) groups excluding carboxylic acids is 1. The molecule has 3 rings (SSSR count). The van der Waals surface area contributed by atoms with Crippen molar-refractivity contribution in [2.75, 3.05) is 39.3 Å². The topological polar surface area (TPSA) is 75.1 Å². The predicted octanol–water partition coefficient (Wildman–Crippen LogP) is 0.487. The first-order valence-corrected chi connectivity index (χ1v) is 8.63. The van der Waals surface area contributed by atoms with Crippen molar-refractivity contribution in [3.8, 4) is 10.6 Å². The van der Waals surface area contributed by atoms with E-state index in [0.29, 0.717) is 11.4 Å². The Kier molecular flexibility index (Phi) is 5.04. The van der Waals surface area contributed by atoms with Crippen molar-refractivity contribution in [2.45, 2.75) is 6.92 Å². The highest BCUT2D eigenvalue weighted by Crippen LogP contribution is 2.27. The molecule has 3 heterocycles. The molecule has 2 aromatic heterocycles. The van der Waals surface area contributed by atoms with Gasteiger partial charge in [0.25, 0.3) is 5.91 Å². The van der Waals surface area contributed by atoms with E-state index in [0.717, 1.165) is 49.0 Å². The lowest BCUT2D eigenvalue weighted by molar-refractivity contribution is 0.0950. The molecule has 0 aromatic carbocycles. The molecule has 0 atom stereocenters. The molecular formula is C15H22N6OS. The van der Waals surface area contributed by atoms with E-state index in [9.17, 15) is 4.79 Å². The molecule has 0 saturated carbocycles. The average molecular weight is 334 g/mol. The SMILES string of the molecule is Cc1nc(-c2cnn(C)c2)sc1C(=O)NCCN1CCNCC1. The lowest BCUT2D eigenvalue weighted by atomic mass is 10.3. The second-order valence-electron chi connectivity index (χ2n) is 5.68. The first kappa shape index (κ1) is 16.1. The molecule has 1 amide bonds. The van der Waals surface area contributed by atoms with E-state index in [-0.39, 0.29) is 5.91 Å². The van der Waals surface area contributed by atoms with E-state index in [1.54, 1.807) is 10.9 Å². The van der Waals surface area contributed by atoms with Gasteiger partial charge in [-0.05, 0) is 6.92 Å². The molecule has 124 valence electrons. The van der Waals surface area contributed by atoms with Crippen molar-refractivity contribution in [3.63, 3.8) is 0 Å². The van der Waals surface area contributed by atoms with Crippen LogP contribution in [0.15, 0.2) is 12.4 Å². The van der Waals surface area contributed by atoms with Crippen molar-refractivity contribution in [1.82, 2.24) is 30.3 Å². The maximum absolute atomic E-state index is 12.4. The predicted molar refractivity (Wildman–Crippen MR) is 90.7 cm³/mol. The average Bonchev–Trinajstić information content (AvgIpc) is 3.14. The summed E-state index contributed by atoms with van der Waals surface area (Å²) >= 11 is 1.42. The summed E-state index contributed by atoms with van der Waals surface area (Å²) in [7, 11) is 1.87. The van der Waals surface area contributed by atoms with Gasteiger partial charge in [0.1, 0.15) is 9.88 Å². The maximum atomic E-state index is 12.4. The zero-order chi connectivity index (χ0) is 16.2. The fourth-order valence-corrected chi connectivity index (χ4v) is 3.56. The first-order chi connectivity index (χ1) is 11.1. The van der Waals surface area contributed by atoms with Crippen molar-refractivity contribution in [3.05, 3.63) is 23.0 Å². The molecule has 2 aromatic rings. The van der Waals surface area contributed by atoms with Crippen LogP contribution >= 0.6 is 11.3 Å². The highest BCUT2D eigenvalue weighted by Gasteiger charge is 2.17. The van der Waals surface area contributed by atoms with E-state index in [1.807, 2.05) is 20.2 Å². The molecule has 1 fully saturated rings.